The molecule has 4 nitrogen and oxygen atoms in total. The molecule has 0 radical (unpaired) electrons. The first-order valence-electron chi connectivity index (χ1n) is 5.04. The molecule has 0 saturated heterocycles. The summed E-state index contributed by atoms with van der Waals surface area (Å²) in [5, 5.41) is 11.2. The Bertz CT molecular complexity index is 257. The van der Waals surface area contributed by atoms with Gasteiger partial charge < -0.3 is 11.1 Å². The summed E-state index contributed by atoms with van der Waals surface area (Å²) in [6.07, 6.45) is 1.08. The Balaban J connectivity index is 2.43. The van der Waals surface area contributed by atoms with Crippen LogP contribution in [0.2, 0.25) is 0 Å². The Morgan fingerprint density at radius 1 is 1.43 bits per heavy atom. The zero-order valence-corrected chi connectivity index (χ0v) is 8.83. The minimum Gasteiger partial charge on any atom is -0.382 e. The lowest BCUT2D eigenvalue weighted by molar-refractivity contribution is 0.593. The Labute approximate surface area is 84.9 Å². The third kappa shape index (κ3) is 3.30. The van der Waals surface area contributed by atoms with E-state index in [-0.39, 0.29) is 0 Å². The Kier molecular flexibility index (Phi) is 4.32. The third-order valence-electron chi connectivity index (χ3n) is 2.21. The molecule has 0 fully saturated rings. The van der Waals surface area contributed by atoms with E-state index < -0.39 is 0 Å². The number of anilines is 1. The van der Waals surface area contributed by atoms with Crippen molar-refractivity contribution in [2.45, 2.75) is 26.2 Å². The van der Waals surface area contributed by atoms with Crippen molar-refractivity contribution in [1.29, 1.82) is 0 Å². The second kappa shape index (κ2) is 5.54. The zero-order valence-electron chi connectivity index (χ0n) is 8.83. The van der Waals surface area contributed by atoms with E-state index in [9.17, 15) is 0 Å². The van der Waals surface area contributed by atoms with E-state index >= 15 is 0 Å². The number of hydrogen-bond acceptors (Lipinski definition) is 4. The summed E-state index contributed by atoms with van der Waals surface area (Å²) in [7, 11) is 0. The van der Waals surface area contributed by atoms with E-state index in [1.54, 1.807) is 6.07 Å². The van der Waals surface area contributed by atoms with Gasteiger partial charge >= 0.3 is 0 Å². The van der Waals surface area contributed by atoms with Gasteiger partial charge in [0.1, 0.15) is 5.82 Å². The molecule has 0 saturated carbocycles. The van der Waals surface area contributed by atoms with Gasteiger partial charge in [-0.25, -0.2) is 0 Å². The first kappa shape index (κ1) is 10.9. The van der Waals surface area contributed by atoms with Gasteiger partial charge in [0.05, 0.1) is 5.69 Å². The topological polar surface area (TPSA) is 63.8 Å². The van der Waals surface area contributed by atoms with Gasteiger partial charge in [-0.3, -0.25) is 0 Å². The largest absolute Gasteiger partial charge is 0.382 e. The summed E-state index contributed by atoms with van der Waals surface area (Å²) in [6.45, 7) is 6.29. The summed E-state index contributed by atoms with van der Waals surface area (Å²) in [6, 6.07) is 3.74. The van der Waals surface area contributed by atoms with Gasteiger partial charge in [0, 0.05) is 5.92 Å². The molecule has 0 aliphatic carbocycles. The van der Waals surface area contributed by atoms with Crippen LogP contribution >= 0.6 is 0 Å². The minimum absolute atomic E-state index is 0.433. The molecule has 14 heavy (non-hydrogen) atoms. The maximum Gasteiger partial charge on any atom is 0.146 e. The van der Waals surface area contributed by atoms with Crippen LogP contribution in [0.15, 0.2) is 12.1 Å². The van der Waals surface area contributed by atoms with E-state index in [2.05, 4.69) is 29.4 Å². The van der Waals surface area contributed by atoms with Gasteiger partial charge in [-0.15, -0.1) is 5.10 Å². The van der Waals surface area contributed by atoms with Crippen molar-refractivity contribution in [1.82, 2.24) is 15.5 Å². The van der Waals surface area contributed by atoms with Crippen molar-refractivity contribution in [2.75, 3.05) is 18.8 Å². The molecule has 1 unspecified atom stereocenters. The molecule has 1 atom stereocenters. The quantitative estimate of drug-likeness (QED) is 0.690. The van der Waals surface area contributed by atoms with Crippen molar-refractivity contribution in [3.63, 3.8) is 0 Å². The predicted octanol–water partition coefficient (Wildman–Crippen LogP) is 1.16. The lowest BCUT2D eigenvalue weighted by Gasteiger charge is -2.09. The minimum atomic E-state index is 0.433. The average Bonchev–Trinajstić information content (AvgIpc) is 2.19. The normalized spacial score (nSPS) is 12.7. The predicted molar refractivity (Wildman–Crippen MR) is 58.0 cm³/mol. The van der Waals surface area contributed by atoms with Crippen molar-refractivity contribution in [3.05, 3.63) is 17.8 Å². The van der Waals surface area contributed by atoms with Gasteiger partial charge in [0.25, 0.3) is 0 Å². The highest BCUT2D eigenvalue weighted by Crippen LogP contribution is 2.15. The molecule has 1 aromatic heterocycles. The van der Waals surface area contributed by atoms with Crippen LogP contribution in [0.25, 0.3) is 0 Å². The van der Waals surface area contributed by atoms with Crippen molar-refractivity contribution in [3.8, 4) is 0 Å². The van der Waals surface area contributed by atoms with Crippen LogP contribution in [0.4, 0.5) is 5.82 Å². The van der Waals surface area contributed by atoms with Crippen LogP contribution in [0.5, 0.6) is 0 Å². The number of nitrogens with one attached hydrogen (secondary N) is 1. The number of nitrogen functional groups attached to an aromatic ring is 1. The summed E-state index contributed by atoms with van der Waals surface area (Å²) in [5.41, 5.74) is 6.47. The molecule has 0 bridgehead atoms. The SMILES string of the molecule is CCNCCC(C)c1ccc(N)nn1. The molecule has 78 valence electrons. The lowest BCUT2D eigenvalue weighted by atomic mass is 10.0. The Hall–Kier alpha value is -1.16. The van der Waals surface area contributed by atoms with Crippen LogP contribution in [-0.4, -0.2) is 23.3 Å². The van der Waals surface area contributed by atoms with E-state index in [1.165, 1.54) is 0 Å². The summed E-state index contributed by atoms with van der Waals surface area (Å²) in [4.78, 5) is 0. The molecule has 0 aliphatic rings. The van der Waals surface area contributed by atoms with Crippen LogP contribution in [-0.2, 0) is 0 Å². The molecule has 4 heteroatoms. The Morgan fingerprint density at radius 3 is 2.79 bits per heavy atom. The number of nitrogens with two attached hydrogens (primary N) is 1. The molecule has 1 heterocycles. The second-order valence-corrected chi connectivity index (χ2v) is 3.43. The lowest BCUT2D eigenvalue weighted by Crippen LogP contribution is -2.16. The maximum atomic E-state index is 5.46. The highest BCUT2D eigenvalue weighted by atomic mass is 15.1. The van der Waals surface area contributed by atoms with Crippen LogP contribution < -0.4 is 11.1 Å². The molecule has 0 amide bonds. The average molecular weight is 194 g/mol. The van der Waals surface area contributed by atoms with Crippen LogP contribution in [0, 0.1) is 0 Å². The summed E-state index contributed by atoms with van der Waals surface area (Å²) in [5.74, 6) is 0.912. The van der Waals surface area contributed by atoms with Gasteiger partial charge in [-0.1, -0.05) is 13.8 Å². The van der Waals surface area contributed by atoms with E-state index in [1.807, 2.05) is 6.07 Å². The molecular weight excluding hydrogens is 176 g/mol. The van der Waals surface area contributed by atoms with Gasteiger partial charge in [-0.05, 0) is 31.6 Å². The molecule has 1 rings (SSSR count). The fourth-order valence-electron chi connectivity index (χ4n) is 1.26. The highest BCUT2D eigenvalue weighted by molar-refractivity contribution is 5.26. The van der Waals surface area contributed by atoms with Crippen molar-refractivity contribution in [2.24, 2.45) is 0 Å². The first-order chi connectivity index (χ1) is 6.74. The van der Waals surface area contributed by atoms with Crippen molar-refractivity contribution >= 4 is 5.82 Å². The Morgan fingerprint density at radius 2 is 2.21 bits per heavy atom. The zero-order chi connectivity index (χ0) is 10.4. The number of rotatable bonds is 5. The van der Waals surface area contributed by atoms with Gasteiger partial charge in [0.2, 0.25) is 0 Å². The number of aromatic nitrogens is 2. The van der Waals surface area contributed by atoms with E-state index in [0.29, 0.717) is 11.7 Å². The van der Waals surface area contributed by atoms with Crippen LogP contribution in [0.3, 0.4) is 0 Å². The fraction of sp³-hybridized carbons (Fsp3) is 0.600. The molecular formula is C10H18N4. The molecule has 3 N–H and O–H groups in total. The smallest absolute Gasteiger partial charge is 0.146 e. The van der Waals surface area contributed by atoms with E-state index in [0.717, 1.165) is 25.2 Å². The first-order valence-corrected chi connectivity index (χ1v) is 5.04. The van der Waals surface area contributed by atoms with Gasteiger partial charge in [0.15, 0.2) is 0 Å². The summed E-state index contributed by atoms with van der Waals surface area (Å²) < 4.78 is 0. The molecule has 0 aromatic carbocycles. The van der Waals surface area contributed by atoms with Crippen molar-refractivity contribution < 1.29 is 0 Å². The highest BCUT2D eigenvalue weighted by Gasteiger charge is 2.06. The van der Waals surface area contributed by atoms with Gasteiger partial charge in [-0.2, -0.15) is 5.10 Å². The molecule has 1 aromatic rings. The third-order valence-corrected chi connectivity index (χ3v) is 2.21. The molecule has 0 spiro atoms. The maximum absolute atomic E-state index is 5.46. The monoisotopic (exact) mass is 194 g/mol. The standard InChI is InChI=1S/C10H18N4/c1-3-12-7-6-8(2)9-4-5-10(11)14-13-9/h4-5,8,12H,3,6-7H2,1-2H3,(H2,11,14). The second-order valence-electron chi connectivity index (χ2n) is 3.43. The van der Waals surface area contributed by atoms with Crippen LogP contribution in [0.1, 0.15) is 31.9 Å². The number of hydrogen-bond donors (Lipinski definition) is 2. The summed E-state index contributed by atoms with van der Waals surface area (Å²) >= 11 is 0. The fourth-order valence-corrected chi connectivity index (χ4v) is 1.26. The van der Waals surface area contributed by atoms with E-state index in [4.69, 9.17) is 5.73 Å². The number of nitrogens with zero attached hydrogens (tertiary/aromatic N) is 2. The molecule has 0 aliphatic heterocycles.